The molecule has 1 rings (SSSR count). The summed E-state index contributed by atoms with van der Waals surface area (Å²) in [6.07, 6.45) is 5.92. The summed E-state index contributed by atoms with van der Waals surface area (Å²) in [5.74, 6) is 1.73. The molecule has 4 heteroatoms. The second-order valence-corrected chi connectivity index (χ2v) is 4.70. The zero-order chi connectivity index (χ0) is 12.0. The van der Waals surface area contributed by atoms with E-state index in [2.05, 4.69) is 35.5 Å². The molecule has 0 unspecified atom stereocenters. The van der Waals surface area contributed by atoms with Crippen LogP contribution >= 0.6 is 12.2 Å². The normalized spacial score (nSPS) is 11.2. The Labute approximate surface area is 103 Å². The topological polar surface area (TPSA) is 33.6 Å². The lowest BCUT2D eigenvalue weighted by atomic mass is 9.97. The molecule has 0 fully saturated rings. The van der Waals surface area contributed by atoms with Crippen LogP contribution in [0.25, 0.3) is 0 Å². The van der Waals surface area contributed by atoms with Crippen LogP contribution in [-0.2, 0) is 6.54 Å². The van der Waals surface area contributed by atoms with E-state index >= 15 is 0 Å². The molecule has 0 amide bonds. The maximum atomic E-state index is 5.27. The van der Waals surface area contributed by atoms with Crippen molar-refractivity contribution < 1.29 is 0 Å². The van der Waals surface area contributed by atoms with E-state index in [1.165, 1.54) is 25.7 Å². The van der Waals surface area contributed by atoms with Crippen LogP contribution in [0.4, 0.5) is 0 Å². The molecule has 92 valence electrons. The van der Waals surface area contributed by atoms with E-state index in [-0.39, 0.29) is 0 Å². The van der Waals surface area contributed by atoms with E-state index in [1.807, 2.05) is 0 Å². The molecule has 1 N–H and O–H groups in total. The fourth-order valence-corrected chi connectivity index (χ4v) is 2.41. The average Bonchev–Trinajstić information content (AvgIpc) is 2.61. The van der Waals surface area contributed by atoms with Crippen molar-refractivity contribution >= 4 is 12.2 Å². The van der Waals surface area contributed by atoms with Gasteiger partial charge in [0.1, 0.15) is 5.82 Å². The van der Waals surface area contributed by atoms with Gasteiger partial charge in [0, 0.05) is 12.5 Å². The maximum Gasteiger partial charge on any atom is 0.195 e. The highest BCUT2D eigenvalue weighted by molar-refractivity contribution is 7.71. The van der Waals surface area contributed by atoms with Crippen molar-refractivity contribution in [2.24, 2.45) is 0 Å². The smallest absolute Gasteiger partial charge is 0.195 e. The number of nitrogens with zero attached hydrogens (tertiary/aromatic N) is 2. The summed E-state index contributed by atoms with van der Waals surface area (Å²) < 4.78 is 2.94. The molecule has 3 nitrogen and oxygen atoms in total. The Balaban J connectivity index is 2.93. The van der Waals surface area contributed by atoms with Crippen LogP contribution in [0.2, 0.25) is 0 Å². The van der Waals surface area contributed by atoms with Crippen LogP contribution in [0.3, 0.4) is 0 Å². The fraction of sp³-hybridized carbons (Fsp3) is 0.833. The molecule has 0 saturated heterocycles. The van der Waals surface area contributed by atoms with Crippen LogP contribution in [0.15, 0.2) is 0 Å². The van der Waals surface area contributed by atoms with Gasteiger partial charge in [0.25, 0.3) is 0 Å². The van der Waals surface area contributed by atoms with Crippen LogP contribution in [0.1, 0.15) is 64.6 Å². The monoisotopic (exact) mass is 241 g/mol. The van der Waals surface area contributed by atoms with Crippen LogP contribution in [0.5, 0.6) is 0 Å². The van der Waals surface area contributed by atoms with E-state index in [9.17, 15) is 0 Å². The Morgan fingerprint density at radius 3 is 2.31 bits per heavy atom. The largest absolute Gasteiger partial charge is 0.304 e. The molecular formula is C12H23N3S. The number of aromatic amines is 1. The summed E-state index contributed by atoms with van der Waals surface area (Å²) >= 11 is 5.27. The van der Waals surface area contributed by atoms with Crippen molar-refractivity contribution in [3.05, 3.63) is 10.6 Å². The van der Waals surface area contributed by atoms with Crippen molar-refractivity contribution in [1.29, 1.82) is 0 Å². The molecule has 0 aliphatic carbocycles. The second kappa shape index (κ2) is 6.84. The molecule has 0 aromatic carbocycles. The highest BCUT2D eigenvalue weighted by Crippen LogP contribution is 2.24. The second-order valence-electron chi connectivity index (χ2n) is 4.31. The van der Waals surface area contributed by atoms with Crippen LogP contribution in [0, 0.1) is 4.77 Å². The third kappa shape index (κ3) is 3.17. The molecular weight excluding hydrogens is 218 g/mol. The standard InChI is InChI=1S/C12H23N3S/c1-4-7-10(8-5-2)11-13-14-12(16)15(11)9-6-3/h10H,4-9H2,1-3H3,(H,14,16). The summed E-state index contributed by atoms with van der Waals surface area (Å²) in [6, 6.07) is 0. The maximum absolute atomic E-state index is 5.27. The van der Waals surface area contributed by atoms with E-state index in [0.29, 0.717) is 5.92 Å². The van der Waals surface area contributed by atoms with Gasteiger partial charge in [-0.1, -0.05) is 33.6 Å². The van der Waals surface area contributed by atoms with Gasteiger partial charge < -0.3 is 4.57 Å². The number of aromatic nitrogens is 3. The lowest BCUT2D eigenvalue weighted by molar-refractivity contribution is 0.497. The first-order valence-electron chi connectivity index (χ1n) is 6.39. The molecule has 0 aliphatic heterocycles. The van der Waals surface area contributed by atoms with Gasteiger partial charge in [-0.15, -0.1) is 0 Å². The first-order chi connectivity index (χ1) is 7.74. The summed E-state index contributed by atoms with van der Waals surface area (Å²) in [5, 5.41) is 7.35. The molecule has 1 aromatic heterocycles. The van der Waals surface area contributed by atoms with Gasteiger partial charge in [-0.25, -0.2) is 0 Å². The Morgan fingerprint density at radius 2 is 1.81 bits per heavy atom. The van der Waals surface area contributed by atoms with Crippen molar-refractivity contribution in [2.45, 2.75) is 65.3 Å². The summed E-state index contributed by atoms with van der Waals surface area (Å²) in [5.41, 5.74) is 0. The highest BCUT2D eigenvalue weighted by Gasteiger charge is 2.16. The highest BCUT2D eigenvalue weighted by atomic mass is 32.1. The molecule has 0 spiro atoms. The van der Waals surface area contributed by atoms with Crippen LogP contribution < -0.4 is 0 Å². The van der Waals surface area contributed by atoms with E-state index in [0.717, 1.165) is 23.6 Å². The Kier molecular flexibility index (Phi) is 5.74. The number of hydrogen-bond donors (Lipinski definition) is 1. The van der Waals surface area contributed by atoms with Crippen molar-refractivity contribution in [3.8, 4) is 0 Å². The predicted molar refractivity (Wildman–Crippen MR) is 70.3 cm³/mol. The number of hydrogen-bond acceptors (Lipinski definition) is 2. The van der Waals surface area contributed by atoms with Crippen molar-refractivity contribution in [2.75, 3.05) is 0 Å². The van der Waals surface area contributed by atoms with Gasteiger partial charge in [-0.2, -0.15) is 5.10 Å². The summed E-state index contributed by atoms with van der Waals surface area (Å²) in [4.78, 5) is 0. The minimum atomic E-state index is 0.564. The molecule has 1 heterocycles. The van der Waals surface area contributed by atoms with Crippen molar-refractivity contribution in [1.82, 2.24) is 14.8 Å². The predicted octanol–water partition coefficient (Wildman–Crippen LogP) is 4.03. The number of nitrogens with one attached hydrogen (secondary N) is 1. The Bertz CT molecular complexity index is 347. The van der Waals surface area contributed by atoms with E-state index in [4.69, 9.17) is 12.2 Å². The molecule has 0 saturated carbocycles. The van der Waals surface area contributed by atoms with Gasteiger partial charge in [0.05, 0.1) is 0 Å². The molecule has 16 heavy (non-hydrogen) atoms. The molecule has 0 atom stereocenters. The number of rotatable bonds is 7. The third-order valence-corrected chi connectivity index (χ3v) is 3.19. The SMILES string of the molecule is CCCC(CCC)c1n[nH]c(=S)n1CCC. The quantitative estimate of drug-likeness (QED) is 0.731. The Morgan fingerprint density at radius 1 is 1.19 bits per heavy atom. The molecule has 0 bridgehead atoms. The summed E-state index contributed by atoms with van der Waals surface area (Å²) in [7, 11) is 0. The van der Waals surface area contributed by atoms with Gasteiger partial charge in [-0.3, -0.25) is 5.10 Å². The average molecular weight is 241 g/mol. The minimum Gasteiger partial charge on any atom is -0.304 e. The lowest BCUT2D eigenvalue weighted by Gasteiger charge is -2.15. The molecule has 0 aliphatic rings. The zero-order valence-electron chi connectivity index (χ0n) is 10.6. The lowest BCUT2D eigenvalue weighted by Crippen LogP contribution is -2.09. The molecule has 0 radical (unpaired) electrons. The first kappa shape index (κ1) is 13.4. The number of H-pyrrole nitrogens is 1. The summed E-state index contributed by atoms with van der Waals surface area (Å²) in [6.45, 7) is 7.62. The molecule has 1 aromatic rings. The first-order valence-corrected chi connectivity index (χ1v) is 6.80. The zero-order valence-corrected chi connectivity index (χ0v) is 11.4. The third-order valence-electron chi connectivity index (χ3n) is 2.87. The fourth-order valence-electron chi connectivity index (χ4n) is 2.18. The van der Waals surface area contributed by atoms with E-state index in [1.54, 1.807) is 0 Å². The van der Waals surface area contributed by atoms with Gasteiger partial charge in [0.15, 0.2) is 4.77 Å². The minimum absolute atomic E-state index is 0.564. The Hall–Kier alpha value is -0.640. The van der Waals surface area contributed by atoms with Crippen LogP contribution in [-0.4, -0.2) is 14.8 Å². The van der Waals surface area contributed by atoms with Crippen molar-refractivity contribution in [3.63, 3.8) is 0 Å². The van der Waals surface area contributed by atoms with Gasteiger partial charge >= 0.3 is 0 Å². The van der Waals surface area contributed by atoms with Gasteiger partial charge in [-0.05, 0) is 31.5 Å². The van der Waals surface area contributed by atoms with E-state index < -0.39 is 0 Å². The van der Waals surface area contributed by atoms with Gasteiger partial charge in [0.2, 0.25) is 0 Å².